The summed E-state index contributed by atoms with van der Waals surface area (Å²) in [6.45, 7) is 1.06. The van der Waals surface area contributed by atoms with Gasteiger partial charge in [-0.2, -0.15) is 5.10 Å². The zero-order valence-electron chi connectivity index (χ0n) is 18.6. The number of aromatic amines is 1. The summed E-state index contributed by atoms with van der Waals surface area (Å²) in [6.07, 6.45) is 6.76. The lowest BCUT2D eigenvalue weighted by atomic mass is 9.99. The van der Waals surface area contributed by atoms with Crippen molar-refractivity contribution in [2.24, 2.45) is 0 Å². The van der Waals surface area contributed by atoms with Crippen molar-refractivity contribution in [1.29, 1.82) is 0 Å². The molecule has 0 aliphatic carbocycles. The molecule has 2 N–H and O–H groups in total. The number of aromatic nitrogens is 4. The van der Waals surface area contributed by atoms with E-state index in [1.165, 1.54) is 0 Å². The van der Waals surface area contributed by atoms with Crippen molar-refractivity contribution in [3.8, 4) is 10.4 Å². The number of nitrogens with zero attached hydrogens (tertiary/aromatic N) is 6. The lowest BCUT2D eigenvalue weighted by Gasteiger charge is -2.43. The number of amides is 3. The van der Waals surface area contributed by atoms with E-state index in [-0.39, 0.29) is 18.0 Å². The summed E-state index contributed by atoms with van der Waals surface area (Å²) in [5.74, 6) is -0.266. The predicted molar refractivity (Wildman–Crippen MR) is 129 cm³/mol. The topological polar surface area (TPSA) is 119 Å². The Kier molecular flexibility index (Phi) is 4.96. The molecule has 2 aliphatic heterocycles. The first-order chi connectivity index (χ1) is 16.5. The van der Waals surface area contributed by atoms with Gasteiger partial charge in [-0.05, 0) is 25.0 Å². The average Bonchev–Trinajstić information content (AvgIpc) is 3.51. The molecule has 11 heteroatoms. The van der Waals surface area contributed by atoms with Crippen molar-refractivity contribution in [1.82, 2.24) is 30.0 Å². The average molecular weight is 478 g/mol. The maximum atomic E-state index is 13.4. The molecular formula is C23H23N7O3S. The van der Waals surface area contributed by atoms with Crippen molar-refractivity contribution in [2.75, 3.05) is 31.6 Å². The summed E-state index contributed by atoms with van der Waals surface area (Å²) < 4.78 is 0. The highest BCUT2D eigenvalue weighted by Gasteiger charge is 2.37. The van der Waals surface area contributed by atoms with Crippen molar-refractivity contribution in [3.63, 3.8) is 0 Å². The van der Waals surface area contributed by atoms with Crippen molar-refractivity contribution in [3.05, 3.63) is 36.3 Å². The quantitative estimate of drug-likeness (QED) is 0.468. The normalized spacial score (nSPS) is 17.1. The van der Waals surface area contributed by atoms with E-state index in [4.69, 9.17) is 4.98 Å². The van der Waals surface area contributed by atoms with Crippen LogP contribution in [0.1, 0.15) is 18.4 Å². The summed E-state index contributed by atoms with van der Waals surface area (Å²) in [4.78, 5) is 41.7. The molecular weight excluding hydrogens is 454 g/mol. The van der Waals surface area contributed by atoms with E-state index < -0.39 is 6.61 Å². The first kappa shape index (κ1) is 21.0. The number of fused-ring (bicyclic) bond motifs is 4. The standard InChI is InChI=1S/C23H23N7O3S/c1-28-11-15-9-25-22-17(7-18(34-22)13-6-14-10-26-27-21(14)24-8-13)20(15)30(23(28)33)16-2-4-29(5-3-16)19(32)12-31/h6-10,16,31H,2-5,11-12H2,1H3,(H,24,26,27). The molecule has 0 saturated carbocycles. The predicted octanol–water partition coefficient (Wildman–Crippen LogP) is 2.59. The molecule has 0 spiro atoms. The Labute approximate surface area is 198 Å². The summed E-state index contributed by atoms with van der Waals surface area (Å²) in [7, 11) is 1.80. The van der Waals surface area contributed by atoms with Crippen molar-refractivity contribution in [2.45, 2.75) is 25.4 Å². The van der Waals surface area contributed by atoms with E-state index in [0.29, 0.717) is 32.5 Å². The minimum absolute atomic E-state index is 0.0327. The Morgan fingerprint density at radius 3 is 2.82 bits per heavy atom. The Morgan fingerprint density at radius 1 is 1.21 bits per heavy atom. The van der Waals surface area contributed by atoms with Gasteiger partial charge in [0.2, 0.25) is 5.91 Å². The van der Waals surface area contributed by atoms with Gasteiger partial charge in [-0.3, -0.25) is 14.8 Å². The third-order valence-electron chi connectivity index (χ3n) is 6.68. The number of urea groups is 1. The van der Waals surface area contributed by atoms with E-state index in [0.717, 1.165) is 42.9 Å². The molecule has 1 fully saturated rings. The second-order valence-corrected chi connectivity index (χ2v) is 9.80. The van der Waals surface area contributed by atoms with Gasteiger partial charge in [0.25, 0.3) is 0 Å². The van der Waals surface area contributed by atoms with Crippen LogP contribution < -0.4 is 4.90 Å². The fourth-order valence-corrected chi connectivity index (χ4v) is 5.93. The van der Waals surface area contributed by atoms with E-state index in [1.54, 1.807) is 34.4 Å². The lowest BCUT2D eigenvalue weighted by molar-refractivity contribution is -0.135. The molecule has 6 rings (SSSR count). The number of hydrogen-bond donors (Lipinski definition) is 2. The lowest BCUT2D eigenvalue weighted by Crippen LogP contribution is -2.54. The Balaban J connectivity index is 1.41. The number of thiophene rings is 1. The highest BCUT2D eigenvalue weighted by Crippen LogP contribution is 2.42. The maximum Gasteiger partial charge on any atom is 0.324 e. The number of nitrogens with one attached hydrogen (secondary N) is 1. The zero-order chi connectivity index (χ0) is 23.4. The van der Waals surface area contributed by atoms with Crippen molar-refractivity contribution >= 4 is 50.2 Å². The van der Waals surface area contributed by atoms with Crippen LogP contribution >= 0.6 is 11.3 Å². The van der Waals surface area contributed by atoms with Gasteiger partial charge in [-0.25, -0.2) is 14.8 Å². The molecule has 10 nitrogen and oxygen atoms in total. The Hall–Kier alpha value is -3.57. The third kappa shape index (κ3) is 3.31. The molecule has 0 unspecified atom stereocenters. The summed E-state index contributed by atoms with van der Waals surface area (Å²) in [5, 5.41) is 18.0. The summed E-state index contributed by atoms with van der Waals surface area (Å²) >= 11 is 1.58. The number of hydrogen-bond acceptors (Lipinski definition) is 7. The molecule has 0 aromatic carbocycles. The number of piperidine rings is 1. The molecule has 0 bridgehead atoms. The molecule has 174 valence electrons. The van der Waals surface area contributed by atoms with Gasteiger partial charge in [0.1, 0.15) is 11.4 Å². The largest absolute Gasteiger partial charge is 0.387 e. The third-order valence-corrected chi connectivity index (χ3v) is 7.78. The smallest absolute Gasteiger partial charge is 0.324 e. The van der Waals surface area contributed by atoms with Crippen LogP contribution in [0.4, 0.5) is 10.5 Å². The van der Waals surface area contributed by atoms with Gasteiger partial charge in [-0.15, -0.1) is 11.3 Å². The first-order valence-corrected chi connectivity index (χ1v) is 12.0. The minimum Gasteiger partial charge on any atom is -0.387 e. The van der Waals surface area contributed by atoms with E-state index >= 15 is 0 Å². The molecule has 4 aromatic heterocycles. The first-order valence-electron chi connectivity index (χ1n) is 11.2. The van der Waals surface area contributed by atoms with Gasteiger partial charge in [0.15, 0.2) is 5.65 Å². The summed E-state index contributed by atoms with van der Waals surface area (Å²) in [5.41, 5.74) is 3.65. The van der Waals surface area contributed by atoms with E-state index in [2.05, 4.69) is 21.2 Å². The van der Waals surface area contributed by atoms with Gasteiger partial charge < -0.3 is 14.9 Å². The monoisotopic (exact) mass is 477 g/mol. The van der Waals surface area contributed by atoms with Gasteiger partial charge in [0, 0.05) is 65.3 Å². The fourth-order valence-electron chi connectivity index (χ4n) is 4.95. The molecule has 34 heavy (non-hydrogen) atoms. The number of pyridine rings is 2. The Morgan fingerprint density at radius 2 is 2.03 bits per heavy atom. The molecule has 0 radical (unpaired) electrons. The second-order valence-electron chi connectivity index (χ2n) is 8.77. The number of likely N-dealkylation sites (tertiary alicyclic amines) is 1. The molecule has 2 aliphatic rings. The molecule has 3 amide bonds. The maximum absolute atomic E-state index is 13.4. The fraction of sp³-hybridized carbons (Fsp3) is 0.348. The molecule has 0 atom stereocenters. The van der Waals surface area contributed by atoms with Crippen LogP contribution in [0, 0.1) is 0 Å². The van der Waals surface area contributed by atoms with Crippen molar-refractivity contribution < 1.29 is 14.7 Å². The molecule has 6 heterocycles. The highest BCUT2D eigenvalue weighted by molar-refractivity contribution is 7.22. The van der Waals surface area contributed by atoms with Crippen LogP contribution in [0.3, 0.4) is 0 Å². The second kappa shape index (κ2) is 8.03. The van der Waals surface area contributed by atoms with Crippen LogP contribution in [0.2, 0.25) is 0 Å². The minimum atomic E-state index is -0.484. The molecule has 1 saturated heterocycles. The number of aliphatic hydroxyl groups excluding tert-OH is 1. The van der Waals surface area contributed by atoms with Crippen LogP contribution in [0.5, 0.6) is 0 Å². The molecule has 4 aromatic rings. The van der Waals surface area contributed by atoms with Gasteiger partial charge >= 0.3 is 6.03 Å². The van der Waals surface area contributed by atoms with Crippen LogP contribution in [-0.2, 0) is 11.3 Å². The highest BCUT2D eigenvalue weighted by atomic mass is 32.1. The number of anilines is 1. The number of H-pyrrole nitrogens is 1. The Bertz CT molecular complexity index is 1420. The van der Waals surface area contributed by atoms with E-state index in [1.807, 2.05) is 23.4 Å². The number of rotatable bonds is 3. The van der Waals surface area contributed by atoms with Gasteiger partial charge in [-0.1, -0.05) is 0 Å². The van der Waals surface area contributed by atoms with Crippen LogP contribution in [0.25, 0.3) is 31.7 Å². The number of carbonyl (C=O) groups is 2. The van der Waals surface area contributed by atoms with E-state index in [9.17, 15) is 14.7 Å². The van der Waals surface area contributed by atoms with Gasteiger partial charge in [0.05, 0.1) is 18.4 Å². The van der Waals surface area contributed by atoms with Crippen LogP contribution in [-0.4, -0.2) is 79.8 Å². The summed E-state index contributed by atoms with van der Waals surface area (Å²) in [6, 6.07) is 4.08. The number of aliphatic hydroxyl groups is 1. The SMILES string of the molecule is CN1Cc2cnc3sc(-c4cnc5[nH]ncc5c4)cc3c2N(C2CCN(C(=O)CO)CC2)C1=O. The zero-order valence-corrected chi connectivity index (χ0v) is 19.4. The van der Waals surface area contributed by atoms with Crippen LogP contribution in [0.15, 0.2) is 30.7 Å². The number of carbonyl (C=O) groups excluding carboxylic acids is 2.